The molecule has 0 saturated heterocycles. The highest BCUT2D eigenvalue weighted by atomic mass is 19.1. The largest absolute Gasteiger partial charge is 0.206 e. The van der Waals surface area contributed by atoms with Crippen LogP contribution in [0.4, 0.5) is 4.39 Å². The van der Waals surface area contributed by atoms with Gasteiger partial charge in [0.25, 0.3) is 0 Å². The van der Waals surface area contributed by atoms with E-state index in [1.165, 1.54) is 5.56 Å². The van der Waals surface area contributed by atoms with E-state index in [2.05, 4.69) is 6.58 Å². The zero-order chi connectivity index (χ0) is 15.5. The molecule has 0 heterocycles. The van der Waals surface area contributed by atoms with Gasteiger partial charge >= 0.3 is 0 Å². The molecule has 108 valence electrons. The highest BCUT2D eigenvalue weighted by molar-refractivity contribution is 5.71. The maximum Gasteiger partial charge on any atom is 0.131 e. The third-order valence-corrected chi connectivity index (χ3v) is 3.81. The van der Waals surface area contributed by atoms with Gasteiger partial charge in [-0.2, -0.15) is 0 Å². The van der Waals surface area contributed by atoms with Gasteiger partial charge in [-0.05, 0) is 35.2 Å². The molecule has 0 fully saturated rings. The molecule has 0 atom stereocenters. The molecule has 0 aromatic heterocycles. The van der Waals surface area contributed by atoms with Crippen molar-refractivity contribution in [2.75, 3.05) is 0 Å². The summed E-state index contributed by atoms with van der Waals surface area (Å²) in [7, 11) is 0. The second-order valence-corrected chi connectivity index (χ2v) is 5.39. The highest BCUT2D eigenvalue weighted by Crippen LogP contribution is 2.28. The fraction of sp³-hybridized carbons (Fsp3) is 0.0476. The number of aryl methyl sites for hydroxylation is 1. The summed E-state index contributed by atoms with van der Waals surface area (Å²) in [6.07, 6.45) is 1.78. The van der Waals surface area contributed by atoms with E-state index in [0.717, 1.165) is 22.3 Å². The Hall–Kier alpha value is -2.67. The van der Waals surface area contributed by atoms with Crippen LogP contribution in [0.5, 0.6) is 0 Å². The molecule has 3 rings (SSSR count). The summed E-state index contributed by atoms with van der Waals surface area (Å²) in [6.45, 7) is 5.77. The van der Waals surface area contributed by atoms with Crippen molar-refractivity contribution in [1.82, 2.24) is 0 Å². The van der Waals surface area contributed by atoms with Gasteiger partial charge in [0.05, 0.1) is 0 Å². The minimum absolute atomic E-state index is 0.204. The van der Waals surface area contributed by atoms with E-state index in [1.54, 1.807) is 12.1 Å². The molecule has 0 amide bonds. The number of hydrogen-bond donors (Lipinski definition) is 0. The Labute approximate surface area is 130 Å². The molecule has 22 heavy (non-hydrogen) atoms. The van der Waals surface area contributed by atoms with E-state index in [1.807, 2.05) is 67.6 Å². The number of rotatable bonds is 3. The first-order valence-corrected chi connectivity index (χ1v) is 7.27. The normalized spacial score (nSPS) is 10.5. The highest BCUT2D eigenvalue weighted by Gasteiger charge is 2.07. The second-order valence-electron chi connectivity index (χ2n) is 5.39. The first-order chi connectivity index (χ1) is 10.7. The monoisotopic (exact) mass is 288 g/mol. The van der Waals surface area contributed by atoms with Crippen molar-refractivity contribution in [2.45, 2.75) is 6.92 Å². The maximum absolute atomic E-state index is 14.5. The van der Waals surface area contributed by atoms with Crippen LogP contribution >= 0.6 is 0 Å². The Morgan fingerprint density at radius 3 is 1.95 bits per heavy atom. The molecular weight excluding hydrogens is 271 g/mol. The smallest absolute Gasteiger partial charge is 0.131 e. The first-order valence-electron chi connectivity index (χ1n) is 7.27. The van der Waals surface area contributed by atoms with Gasteiger partial charge in [0.15, 0.2) is 0 Å². The van der Waals surface area contributed by atoms with Crippen LogP contribution in [0.2, 0.25) is 0 Å². The minimum Gasteiger partial charge on any atom is -0.206 e. The molecule has 0 aliphatic heterocycles. The molecule has 1 heteroatoms. The molecule has 0 aliphatic carbocycles. The third-order valence-electron chi connectivity index (χ3n) is 3.81. The van der Waals surface area contributed by atoms with Gasteiger partial charge in [-0.1, -0.05) is 78.9 Å². The van der Waals surface area contributed by atoms with Gasteiger partial charge in [-0.15, -0.1) is 0 Å². The van der Waals surface area contributed by atoms with Gasteiger partial charge < -0.3 is 0 Å². The summed E-state index contributed by atoms with van der Waals surface area (Å²) >= 11 is 0. The summed E-state index contributed by atoms with van der Waals surface area (Å²) in [5, 5.41) is 0. The van der Waals surface area contributed by atoms with Crippen molar-refractivity contribution in [3.63, 3.8) is 0 Å². The molecule has 3 aromatic rings. The lowest BCUT2D eigenvalue weighted by Crippen LogP contribution is -1.87. The first kappa shape index (κ1) is 14.3. The molecular formula is C21H17F. The average Bonchev–Trinajstić information content (AvgIpc) is 2.56. The Morgan fingerprint density at radius 1 is 0.773 bits per heavy atom. The number of hydrogen-bond acceptors (Lipinski definition) is 0. The third kappa shape index (κ3) is 2.84. The number of benzene rings is 3. The molecule has 0 unspecified atom stereocenters. The quantitative estimate of drug-likeness (QED) is 0.545. The van der Waals surface area contributed by atoms with Crippen molar-refractivity contribution < 1.29 is 4.39 Å². The van der Waals surface area contributed by atoms with Crippen LogP contribution in [-0.4, -0.2) is 0 Å². The predicted molar refractivity (Wildman–Crippen MR) is 92.1 cm³/mol. The lowest BCUT2D eigenvalue weighted by molar-refractivity contribution is 0.632. The van der Waals surface area contributed by atoms with Crippen molar-refractivity contribution in [3.05, 3.63) is 90.3 Å². The summed E-state index contributed by atoms with van der Waals surface area (Å²) in [6, 6.07) is 21.2. The van der Waals surface area contributed by atoms with Crippen LogP contribution in [-0.2, 0) is 0 Å². The zero-order valence-corrected chi connectivity index (χ0v) is 12.5. The van der Waals surface area contributed by atoms with Gasteiger partial charge in [0.2, 0.25) is 0 Å². The fourth-order valence-electron chi connectivity index (χ4n) is 2.47. The van der Waals surface area contributed by atoms with Crippen LogP contribution in [0.25, 0.3) is 28.3 Å². The molecule has 3 aromatic carbocycles. The molecule has 0 saturated carbocycles. The van der Waals surface area contributed by atoms with Gasteiger partial charge in [0, 0.05) is 5.56 Å². The predicted octanol–water partition coefficient (Wildman–Crippen LogP) is 6.11. The van der Waals surface area contributed by atoms with Gasteiger partial charge in [-0.3, -0.25) is 0 Å². The SMILES string of the molecule is C=Cc1ccc(-c2ccc(-c3ccc(C)cc3)cc2F)cc1. The van der Waals surface area contributed by atoms with E-state index >= 15 is 0 Å². The zero-order valence-electron chi connectivity index (χ0n) is 12.5. The topological polar surface area (TPSA) is 0 Å². The van der Waals surface area contributed by atoms with Gasteiger partial charge in [-0.25, -0.2) is 4.39 Å². The summed E-state index contributed by atoms with van der Waals surface area (Å²) < 4.78 is 14.5. The Bertz CT molecular complexity index is 796. The van der Waals surface area contributed by atoms with E-state index in [-0.39, 0.29) is 5.82 Å². The maximum atomic E-state index is 14.5. The van der Waals surface area contributed by atoms with Gasteiger partial charge in [0.1, 0.15) is 5.82 Å². The Balaban J connectivity index is 1.97. The van der Waals surface area contributed by atoms with Crippen LogP contribution in [0.3, 0.4) is 0 Å². The molecule has 0 N–H and O–H groups in total. The van der Waals surface area contributed by atoms with E-state index in [9.17, 15) is 4.39 Å². The average molecular weight is 288 g/mol. The van der Waals surface area contributed by atoms with E-state index < -0.39 is 0 Å². The van der Waals surface area contributed by atoms with E-state index in [0.29, 0.717) is 5.56 Å². The molecule has 0 aliphatic rings. The van der Waals surface area contributed by atoms with Crippen molar-refractivity contribution in [2.24, 2.45) is 0 Å². The standard InChI is InChI=1S/C21H17F/c1-3-16-6-10-18(11-7-16)20-13-12-19(14-21(20)22)17-8-4-15(2)5-9-17/h3-14H,1H2,2H3. The van der Waals surface area contributed by atoms with Crippen LogP contribution < -0.4 is 0 Å². The number of halogens is 1. The summed E-state index contributed by atoms with van der Waals surface area (Å²) in [4.78, 5) is 0. The van der Waals surface area contributed by atoms with Crippen LogP contribution in [0, 0.1) is 12.7 Å². The van der Waals surface area contributed by atoms with E-state index in [4.69, 9.17) is 0 Å². The van der Waals surface area contributed by atoms with Crippen molar-refractivity contribution >= 4 is 6.08 Å². The lowest BCUT2D eigenvalue weighted by Gasteiger charge is -2.08. The van der Waals surface area contributed by atoms with Crippen molar-refractivity contribution in [1.29, 1.82) is 0 Å². The van der Waals surface area contributed by atoms with Crippen LogP contribution in [0.15, 0.2) is 73.3 Å². The summed E-state index contributed by atoms with van der Waals surface area (Å²) in [5.41, 5.74) is 5.63. The second kappa shape index (κ2) is 5.98. The molecule has 0 radical (unpaired) electrons. The molecule has 0 nitrogen and oxygen atoms in total. The van der Waals surface area contributed by atoms with Crippen molar-refractivity contribution in [3.8, 4) is 22.3 Å². The van der Waals surface area contributed by atoms with Crippen LogP contribution in [0.1, 0.15) is 11.1 Å². The fourth-order valence-corrected chi connectivity index (χ4v) is 2.47. The minimum atomic E-state index is -0.204. The Kier molecular flexibility index (Phi) is 3.88. The lowest BCUT2D eigenvalue weighted by atomic mass is 9.98. The Morgan fingerprint density at radius 2 is 1.36 bits per heavy atom. The molecule has 0 spiro atoms. The molecule has 0 bridgehead atoms. The summed E-state index contributed by atoms with van der Waals surface area (Å²) in [5.74, 6) is -0.204.